The quantitative estimate of drug-likeness (QED) is 0.259. The summed E-state index contributed by atoms with van der Waals surface area (Å²) < 4.78 is 0. The van der Waals surface area contributed by atoms with E-state index in [1.165, 1.54) is 17.0 Å². The first-order valence-electron chi connectivity index (χ1n) is 11.2. The number of hydrogen-bond donors (Lipinski definition) is 0. The second kappa shape index (κ2) is 17.0. The van der Waals surface area contributed by atoms with E-state index < -0.39 is 0 Å². The van der Waals surface area contributed by atoms with Gasteiger partial charge < -0.3 is 14.9 Å². The molecule has 3 fully saturated rings. The van der Waals surface area contributed by atoms with Crippen molar-refractivity contribution in [2.24, 2.45) is 0 Å². The van der Waals surface area contributed by atoms with Crippen LogP contribution in [0.2, 0.25) is 0 Å². The Morgan fingerprint density at radius 1 is 0.500 bits per heavy atom. The fourth-order valence-corrected chi connectivity index (χ4v) is 10.8. The molecule has 3 saturated carbocycles. The average Bonchev–Trinajstić information content (AvgIpc) is 2.72. The molecule has 0 radical (unpaired) electrons. The first-order chi connectivity index (χ1) is 12.4. The van der Waals surface area contributed by atoms with Gasteiger partial charge in [0.1, 0.15) is 0 Å². The topological polar surface area (TPSA) is 12.9 Å². The molecule has 1 nitrogen and oxygen atoms in total. The third-order valence-corrected chi connectivity index (χ3v) is 11.4. The molecule has 0 N–H and O–H groups in total. The Morgan fingerprint density at radius 3 is 1.04 bits per heavy atom. The van der Waals surface area contributed by atoms with E-state index in [0.29, 0.717) is 0 Å². The summed E-state index contributed by atoms with van der Waals surface area (Å²) in [5.74, 6) is 0. The Balaban J connectivity index is 0.000000704. The number of aromatic nitrogens is 1. The molecule has 0 aliphatic heterocycles. The van der Waals surface area contributed by atoms with Crippen molar-refractivity contribution >= 4 is 7.92 Å². The first-order valence-corrected chi connectivity index (χ1v) is 12.9. The molecule has 0 atom stereocenters. The van der Waals surface area contributed by atoms with Crippen LogP contribution in [0.3, 0.4) is 0 Å². The normalized spacial score (nSPS) is 21.3. The second-order valence-electron chi connectivity index (χ2n) is 8.53. The minimum Gasteiger partial charge on any atom is -0.358 e. The second-order valence-corrected chi connectivity index (χ2v) is 12.0. The van der Waals surface area contributed by atoms with Crippen molar-refractivity contribution in [1.82, 2.24) is 4.98 Å². The van der Waals surface area contributed by atoms with Gasteiger partial charge in [-0.15, -0.1) is 0 Å². The number of nitrogens with zero attached hydrogens (tertiary/aromatic N) is 1. The van der Waals surface area contributed by atoms with Crippen LogP contribution < -0.4 is 0 Å². The molecule has 0 unspecified atom stereocenters. The summed E-state index contributed by atoms with van der Waals surface area (Å²) in [6.45, 7) is 0. The number of hydrogen-bond acceptors (Lipinski definition) is 1. The van der Waals surface area contributed by atoms with Gasteiger partial charge in [0, 0.05) is 20.3 Å². The molecule has 3 aliphatic carbocycles. The number of pyridine rings is 1. The van der Waals surface area contributed by atoms with E-state index in [-0.39, 0.29) is 42.9 Å². The van der Waals surface area contributed by atoms with Crippen LogP contribution in [-0.4, -0.2) is 22.0 Å². The number of rotatable bonds is 3. The average molecular weight is 583 g/mol. The van der Waals surface area contributed by atoms with Crippen molar-refractivity contribution in [3.05, 3.63) is 45.4 Å². The molecule has 1 heterocycles. The van der Waals surface area contributed by atoms with Gasteiger partial charge in [-0.05, 0) is 89.2 Å². The van der Waals surface area contributed by atoms with Crippen LogP contribution in [0.1, 0.15) is 96.3 Å². The summed E-state index contributed by atoms with van der Waals surface area (Å²) in [7, 11) is -0.0465. The molecule has 0 bridgehead atoms. The van der Waals surface area contributed by atoms with E-state index >= 15 is 0 Å². The summed E-state index contributed by atoms with van der Waals surface area (Å²) in [6, 6.07) is 5.72. The van der Waals surface area contributed by atoms with Crippen LogP contribution in [-0.2, 0) is 20.1 Å². The summed E-state index contributed by atoms with van der Waals surface area (Å²) >= 11 is 0. The van der Waals surface area contributed by atoms with Crippen molar-refractivity contribution in [2.45, 2.75) is 113 Å². The van der Waals surface area contributed by atoms with E-state index in [1.54, 1.807) is 109 Å². The molecule has 3 heteroatoms. The Kier molecular flexibility index (Phi) is 17.1. The van der Waals surface area contributed by atoms with Crippen LogP contribution in [0.15, 0.2) is 30.6 Å². The third kappa shape index (κ3) is 9.36. The smallest absolute Gasteiger partial charge is 0.358 e. The molecule has 1 aromatic heterocycles. The maximum absolute atomic E-state index is 3.78. The van der Waals surface area contributed by atoms with E-state index in [2.05, 4.69) is 4.98 Å². The van der Waals surface area contributed by atoms with E-state index in [1.807, 2.05) is 18.2 Å². The van der Waals surface area contributed by atoms with Crippen LogP contribution in [0.5, 0.6) is 0 Å². The van der Waals surface area contributed by atoms with Gasteiger partial charge in [0.15, 0.2) is 0 Å². The Morgan fingerprint density at radius 2 is 0.821 bits per heavy atom. The Bertz CT molecular complexity index is 368. The summed E-state index contributed by atoms with van der Waals surface area (Å²) in [4.78, 5) is 3.78. The standard InChI is InChI=1S/C18H33P.C5H5N.2CH3.Ir/c1-4-10-16(11-5-1)19(17-12-6-2-7-13-17)18-14-8-3-9-15-18;1-2-4-6-5-3-1;;;/h16-18H,1-15H2;1-5H;2*1H3;/q;;2*-1;+3/p+1. The maximum Gasteiger partial charge on any atom is 3.00 e. The third-order valence-electron chi connectivity index (χ3n) is 6.80. The van der Waals surface area contributed by atoms with Crippen LogP contribution >= 0.6 is 7.92 Å². The molecule has 3 aliphatic rings. The van der Waals surface area contributed by atoms with Crippen molar-refractivity contribution in [3.8, 4) is 0 Å². The molecule has 0 saturated heterocycles. The molecule has 28 heavy (non-hydrogen) atoms. The molecule has 0 amide bonds. The zero-order valence-corrected chi connectivity index (χ0v) is 21.9. The Hall–Kier alpha value is 0.229. The zero-order chi connectivity index (χ0) is 17.2. The maximum atomic E-state index is 3.78. The fourth-order valence-electron chi connectivity index (χ4n) is 5.62. The predicted molar refractivity (Wildman–Crippen MR) is 126 cm³/mol. The van der Waals surface area contributed by atoms with Crippen LogP contribution in [0, 0.1) is 14.9 Å². The Labute approximate surface area is 191 Å². The van der Waals surface area contributed by atoms with Gasteiger partial charge >= 0.3 is 20.1 Å². The monoisotopic (exact) mass is 583 g/mol. The van der Waals surface area contributed by atoms with E-state index in [0.717, 1.165) is 0 Å². The minimum atomic E-state index is -0.0465. The largest absolute Gasteiger partial charge is 3.00 e. The molecule has 0 aromatic carbocycles. The molecule has 0 spiro atoms. The van der Waals surface area contributed by atoms with Gasteiger partial charge in [-0.25, -0.2) is 0 Å². The van der Waals surface area contributed by atoms with Gasteiger partial charge in [-0.3, -0.25) is 4.98 Å². The fraction of sp³-hybridized carbons (Fsp3) is 0.720. The SMILES string of the molecule is C1CCC([PH+](C2CCCCC2)C2CCCCC2)CC1.[CH3-].[CH3-].[Ir+3].c1ccncc1. The van der Waals surface area contributed by atoms with Gasteiger partial charge in [0.25, 0.3) is 0 Å². The van der Waals surface area contributed by atoms with Crippen LogP contribution in [0.4, 0.5) is 0 Å². The van der Waals surface area contributed by atoms with Gasteiger partial charge in [-0.1, -0.05) is 25.3 Å². The van der Waals surface area contributed by atoms with E-state index in [4.69, 9.17) is 0 Å². The van der Waals surface area contributed by atoms with Gasteiger partial charge in [0.2, 0.25) is 0 Å². The molecular formula is C25H45IrNP+2. The van der Waals surface area contributed by atoms with Crippen molar-refractivity contribution in [3.63, 3.8) is 0 Å². The molecule has 162 valence electrons. The summed E-state index contributed by atoms with van der Waals surface area (Å²) in [5, 5.41) is 0. The predicted octanol–water partition coefficient (Wildman–Crippen LogP) is 8.18. The summed E-state index contributed by atoms with van der Waals surface area (Å²) in [5.41, 5.74) is 3.68. The van der Waals surface area contributed by atoms with Crippen molar-refractivity contribution in [2.75, 3.05) is 0 Å². The van der Waals surface area contributed by atoms with E-state index in [9.17, 15) is 0 Å². The minimum absolute atomic E-state index is 0. The molecule has 4 rings (SSSR count). The summed E-state index contributed by atoms with van der Waals surface area (Å²) in [6.07, 6.45) is 27.3. The van der Waals surface area contributed by atoms with Crippen LogP contribution in [0.25, 0.3) is 0 Å². The molecule has 1 aromatic rings. The van der Waals surface area contributed by atoms with Crippen molar-refractivity contribution in [1.29, 1.82) is 0 Å². The zero-order valence-electron chi connectivity index (χ0n) is 18.5. The first kappa shape index (κ1) is 28.2. The van der Waals surface area contributed by atoms with Crippen molar-refractivity contribution < 1.29 is 20.1 Å². The van der Waals surface area contributed by atoms with Gasteiger partial charge in [0.05, 0.1) is 17.0 Å². The van der Waals surface area contributed by atoms with Gasteiger partial charge in [-0.2, -0.15) is 0 Å². The molecular weight excluding hydrogens is 537 g/mol.